The highest BCUT2D eigenvalue weighted by molar-refractivity contribution is 9.10. The Morgan fingerprint density at radius 2 is 1.96 bits per heavy atom. The highest BCUT2D eigenvalue weighted by Gasteiger charge is 2.23. The molecular formula is C19H15BrN2O2S. The predicted octanol–water partition coefficient (Wildman–Crippen LogP) is 4.91. The molecule has 1 saturated heterocycles. The quantitative estimate of drug-likeness (QED) is 0.558. The van der Waals surface area contributed by atoms with Crippen LogP contribution in [0.4, 0.5) is 5.69 Å². The molecule has 0 spiro atoms. The maximum atomic E-state index is 12.1. The molecule has 0 unspecified atom stereocenters. The highest BCUT2D eigenvalue weighted by Crippen LogP contribution is 2.31. The van der Waals surface area contributed by atoms with Crippen LogP contribution in [-0.2, 0) is 4.79 Å². The molecule has 1 amide bonds. The van der Waals surface area contributed by atoms with Gasteiger partial charge in [0.25, 0.3) is 5.91 Å². The van der Waals surface area contributed by atoms with Gasteiger partial charge >= 0.3 is 0 Å². The van der Waals surface area contributed by atoms with Crippen molar-refractivity contribution in [2.45, 2.75) is 0 Å². The van der Waals surface area contributed by atoms with Gasteiger partial charge in [-0.2, -0.15) is 0 Å². The van der Waals surface area contributed by atoms with Crippen molar-refractivity contribution in [2.24, 2.45) is 4.99 Å². The molecule has 0 atom stereocenters. The molecule has 1 aliphatic rings. The van der Waals surface area contributed by atoms with Crippen LogP contribution in [0.1, 0.15) is 5.56 Å². The highest BCUT2D eigenvalue weighted by atomic mass is 79.9. The lowest BCUT2D eigenvalue weighted by Crippen LogP contribution is -2.19. The Balaban J connectivity index is 1.75. The van der Waals surface area contributed by atoms with Gasteiger partial charge < -0.3 is 10.1 Å². The number of nitrogens with zero attached hydrogens (tertiary/aromatic N) is 1. The summed E-state index contributed by atoms with van der Waals surface area (Å²) in [4.78, 5) is 17.2. The lowest BCUT2D eigenvalue weighted by molar-refractivity contribution is -0.115. The van der Waals surface area contributed by atoms with Crippen LogP contribution in [0.3, 0.4) is 0 Å². The number of amidine groups is 1. The van der Waals surface area contributed by atoms with E-state index in [9.17, 15) is 4.79 Å². The van der Waals surface area contributed by atoms with Gasteiger partial charge in [0.2, 0.25) is 0 Å². The maximum Gasteiger partial charge on any atom is 0.264 e. The Morgan fingerprint density at radius 3 is 2.68 bits per heavy atom. The van der Waals surface area contributed by atoms with E-state index in [4.69, 9.17) is 4.74 Å². The average molecular weight is 415 g/mol. The van der Waals surface area contributed by atoms with Gasteiger partial charge in [-0.25, -0.2) is 4.99 Å². The van der Waals surface area contributed by atoms with Gasteiger partial charge in [0, 0.05) is 4.47 Å². The second-order valence-electron chi connectivity index (χ2n) is 5.10. The summed E-state index contributed by atoms with van der Waals surface area (Å²) in [6.45, 7) is 4.08. The van der Waals surface area contributed by atoms with Crippen molar-refractivity contribution in [1.82, 2.24) is 5.32 Å². The third-order valence-electron chi connectivity index (χ3n) is 3.27. The van der Waals surface area contributed by atoms with Crippen LogP contribution < -0.4 is 10.1 Å². The number of ether oxygens (including phenoxy) is 1. The van der Waals surface area contributed by atoms with Crippen LogP contribution in [-0.4, -0.2) is 17.7 Å². The number of nitrogens with one attached hydrogen (secondary N) is 1. The summed E-state index contributed by atoms with van der Waals surface area (Å²) < 4.78 is 6.33. The lowest BCUT2D eigenvalue weighted by atomic mass is 10.2. The average Bonchev–Trinajstić information content (AvgIpc) is 2.95. The van der Waals surface area contributed by atoms with E-state index >= 15 is 0 Å². The van der Waals surface area contributed by atoms with Crippen LogP contribution in [0, 0.1) is 0 Å². The predicted molar refractivity (Wildman–Crippen MR) is 107 cm³/mol. The van der Waals surface area contributed by atoms with E-state index in [2.05, 4.69) is 32.8 Å². The largest absolute Gasteiger partial charge is 0.490 e. The minimum absolute atomic E-state index is 0.150. The van der Waals surface area contributed by atoms with Gasteiger partial charge in [-0.15, -0.1) is 0 Å². The molecule has 3 rings (SSSR count). The summed E-state index contributed by atoms with van der Waals surface area (Å²) >= 11 is 4.77. The minimum Gasteiger partial charge on any atom is -0.490 e. The fraction of sp³-hybridized carbons (Fsp3) is 0.0526. The fourth-order valence-electron chi connectivity index (χ4n) is 2.10. The molecule has 126 valence electrons. The third-order valence-corrected chi connectivity index (χ3v) is 4.85. The molecule has 0 radical (unpaired) electrons. The number of rotatable bonds is 5. The molecule has 25 heavy (non-hydrogen) atoms. The van der Waals surface area contributed by atoms with Crippen molar-refractivity contribution in [2.75, 3.05) is 6.61 Å². The number of carbonyl (C=O) groups excluding carboxylic acids is 1. The fourth-order valence-corrected chi connectivity index (χ4v) is 3.31. The standard InChI is InChI=1S/C19H15BrN2O2S/c1-2-11-24-14-9-7-13(8-10-14)12-17-18(23)22-19(25-17)21-16-6-4-3-5-15(16)20/h2-10,12H,1,11H2,(H,21,22,23). The molecule has 2 aromatic carbocycles. The van der Waals surface area contributed by atoms with Crippen molar-refractivity contribution in [3.8, 4) is 5.75 Å². The summed E-state index contributed by atoms with van der Waals surface area (Å²) in [6.07, 6.45) is 3.53. The van der Waals surface area contributed by atoms with E-state index in [1.165, 1.54) is 11.8 Å². The van der Waals surface area contributed by atoms with E-state index in [-0.39, 0.29) is 5.91 Å². The molecule has 0 aliphatic carbocycles. The summed E-state index contributed by atoms with van der Waals surface area (Å²) in [5.41, 5.74) is 1.70. The second-order valence-corrected chi connectivity index (χ2v) is 6.99. The molecule has 1 heterocycles. The Labute approximate surface area is 158 Å². The number of para-hydroxylation sites is 1. The van der Waals surface area contributed by atoms with Gasteiger partial charge in [-0.1, -0.05) is 36.9 Å². The zero-order valence-electron chi connectivity index (χ0n) is 13.2. The van der Waals surface area contributed by atoms with Crippen molar-refractivity contribution >= 4 is 50.5 Å². The van der Waals surface area contributed by atoms with Gasteiger partial charge in [-0.05, 0) is 63.6 Å². The number of hydrogen-bond donors (Lipinski definition) is 1. The molecule has 1 fully saturated rings. The van der Waals surface area contributed by atoms with Crippen molar-refractivity contribution in [3.05, 3.63) is 76.1 Å². The zero-order chi connectivity index (χ0) is 17.6. The molecule has 1 N–H and O–H groups in total. The van der Waals surface area contributed by atoms with E-state index < -0.39 is 0 Å². The first kappa shape index (κ1) is 17.5. The SMILES string of the molecule is C=CCOc1ccc(C=C2SC(=Nc3ccccc3Br)NC2=O)cc1. The Hall–Kier alpha value is -2.31. The van der Waals surface area contributed by atoms with Crippen LogP contribution in [0.5, 0.6) is 5.75 Å². The number of carbonyl (C=O) groups is 1. The number of hydrogen-bond acceptors (Lipinski definition) is 4. The summed E-state index contributed by atoms with van der Waals surface area (Å²) in [5, 5.41) is 3.35. The van der Waals surface area contributed by atoms with Crippen molar-refractivity contribution < 1.29 is 9.53 Å². The van der Waals surface area contributed by atoms with Gasteiger partial charge in [0.1, 0.15) is 12.4 Å². The summed E-state index contributed by atoms with van der Waals surface area (Å²) in [7, 11) is 0. The first-order valence-corrected chi connectivity index (χ1v) is 9.14. The van der Waals surface area contributed by atoms with E-state index in [0.29, 0.717) is 16.7 Å². The first-order valence-electron chi connectivity index (χ1n) is 7.53. The van der Waals surface area contributed by atoms with Crippen molar-refractivity contribution in [1.29, 1.82) is 0 Å². The third kappa shape index (κ3) is 4.61. The number of thioether (sulfide) groups is 1. The zero-order valence-corrected chi connectivity index (χ0v) is 15.6. The topological polar surface area (TPSA) is 50.7 Å². The monoisotopic (exact) mass is 414 g/mol. The minimum atomic E-state index is -0.150. The van der Waals surface area contributed by atoms with Crippen LogP contribution in [0.15, 0.2) is 75.6 Å². The number of benzene rings is 2. The van der Waals surface area contributed by atoms with E-state index in [1.54, 1.807) is 6.08 Å². The number of aliphatic imine (C=N–C) groups is 1. The lowest BCUT2D eigenvalue weighted by Gasteiger charge is -2.03. The molecule has 6 heteroatoms. The Morgan fingerprint density at radius 1 is 1.20 bits per heavy atom. The molecular weight excluding hydrogens is 400 g/mol. The smallest absolute Gasteiger partial charge is 0.264 e. The normalized spacial score (nSPS) is 16.9. The van der Waals surface area contributed by atoms with Crippen LogP contribution >= 0.6 is 27.7 Å². The summed E-state index contributed by atoms with van der Waals surface area (Å²) in [5.74, 6) is 0.615. The van der Waals surface area contributed by atoms with E-state index in [1.807, 2.05) is 54.6 Å². The van der Waals surface area contributed by atoms with Gasteiger partial charge in [0.15, 0.2) is 5.17 Å². The molecule has 2 aromatic rings. The molecule has 0 saturated carbocycles. The Bertz CT molecular complexity index is 860. The molecule has 0 bridgehead atoms. The van der Waals surface area contributed by atoms with Crippen LogP contribution in [0.25, 0.3) is 6.08 Å². The number of amides is 1. The van der Waals surface area contributed by atoms with Crippen LogP contribution in [0.2, 0.25) is 0 Å². The Kier molecular flexibility index (Phi) is 5.73. The molecule has 0 aromatic heterocycles. The maximum absolute atomic E-state index is 12.1. The second kappa shape index (κ2) is 8.18. The van der Waals surface area contributed by atoms with Gasteiger partial charge in [-0.3, -0.25) is 4.79 Å². The van der Waals surface area contributed by atoms with E-state index in [0.717, 1.165) is 21.5 Å². The summed E-state index contributed by atoms with van der Waals surface area (Å²) in [6, 6.07) is 15.2. The first-order chi connectivity index (χ1) is 12.2. The molecule has 4 nitrogen and oxygen atoms in total. The van der Waals surface area contributed by atoms with Crippen molar-refractivity contribution in [3.63, 3.8) is 0 Å². The van der Waals surface area contributed by atoms with Gasteiger partial charge in [0.05, 0.1) is 10.6 Å². The molecule has 1 aliphatic heterocycles. The number of halogens is 1.